The number of piperidine rings is 1. The lowest BCUT2D eigenvalue weighted by atomic mass is 9.73. The molecule has 2 aromatic rings. The SMILES string of the molecule is CC(C)CC(NC(=O)C(Cc1ccccc1)NC(=O)C(Cc1ccccc1)NC(=O)OC(C)(C)C)C(=O)NC(CCCCNC(=O)OC(C)(C)C)C(=O)N1CCC2(CC1)CN(S(=O)(=O)C1CC1)C2. The van der Waals surface area contributed by atoms with E-state index in [9.17, 15) is 37.2 Å². The summed E-state index contributed by atoms with van der Waals surface area (Å²) in [6, 6.07) is 13.9. The van der Waals surface area contributed by atoms with Crippen molar-refractivity contribution in [2.75, 3.05) is 32.7 Å². The predicted molar refractivity (Wildman–Crippen MR) is 259 cm³/mol. The second-order valence-corrected chi connectivity index (χ2v) is 23.4. The van der Waals surface area contributed by atoms with Gasteiger partial charge in [-0.1, -0.05) is 74.5 Å². The molecule has 0 bridgehead atoms. The molecule has 2 saturated heterocycles. The van der Waals surface area contributed by atoms with Crippen LogP contribution >= 0.6 is 0 Å². The first-order valence-corrected chi connectivity index (χ1v) is 25.7. The van der Waals surface area contributed by atoms with Gasteiger partial charge in [-0.2, -0.15) is 0 Å². The van der Waals surface area contributed by atoms with Crippen molar-refractivity contribution in [1.82, 2.24) is 35.8 Å². The van der Waals surface area contributed by atoms with E-state index in [2.05, 4.69) is 26.6 Å². The van der Waals surface area contributed by atoms with Crippen LogP contribution in [0.2, 0.25) is 0 Å². The Morgan fingerprint density at radius 1 is 0.662 bits per heavy atom. The molecule has 1 saturated carbocycles. The number of hydrogen-bond donors (Lipinski definition) is 5. The van der Waals surface area contributed by atoms with Gasteiger partial charge in [-0.15, -0.1) is 0 Å². The lowest BCUT2D eigenvalue weighted by Crippen LogP contribution is -2.63. The third-order valence-electron chi connectivity index (χ3n) is 12.2. The molecule has 6 amide bonds. The monoisotopic (exact) mass is 966 g/mol. The Balaban J connectivity index is 1.31. The van der Waals surface area contributed by atoms with Gasteiger partial charge in [0.05, 0.1) is 5.25 Å². The fourth-order valence-electron chi connectivity index (χ4n) is 8.52. The molecule has 18 heteroatoms. The topological polar surface area (TPSA) is 222 Å². The lowest BCUT2D eigenvalue weighted by Gasteiger charge is -2.53. The smallest absolute Gasteiger partial charge is 0.408 e. The number of likely N-dealkylation sites (tertiary alicyclic amines) is 1. The van der Waals surface area contributed by atoms with Crippen LogP contribution in [0, 0.1) is 11.3 Å². The number of carbonyl (C=O) groups is 6. The summed E-state index contributed by atoms with van der Waals surface area (Å²) >= 11 is 0. The minimum absolute atomic E-state index is 0.0675. The van der Waals surface area contributed by atoms with Gasteiger partial charge in [0.1, 0.15) is 35.4 Å². The third-order valence-corrected chi connectivity index (χ3v) is 14.5. The third kappa shape index (κ3) is 16.8. The van der Waals surface area contributed by atoms with E-state index in [0.29, 0.717) is 64.7 Å². The molecule has 3 aliphatic rings. The van der Waals surface area contributed by atoms with Crippen molar-refractivity contribution in [3.05, 3.63) is 71.8 Å². The average Bonchev–Trinajstić information content (AvgIpc) is 4.10. The van der Waals surface area contributed by atoms with Crippen LogP contribution in [0.3, 0.4) is 0 Å². The maximum Gasteiger partial charge on any atom is 0.408 e. The van der Waals surface area contributed by atoms with Gasteiger partial charge in [-0.05, 0) is 110 Å². The molecule has 4 unspecified atom stereocenters. The Hall–Kier alpha value is -5.23. The molecule has 2 aliphatic heterocycles. The van der Waals surface area contributed by atoms with Gasteiger partial charge < -0.3 is 41.0 Å². The number of benzene rings is 2. The van der Waals surface area contributed by atoms with Crippen LogP contribution in [-0.4, -0.2) is 127 Å². The van der Waals surface area contributed by atoms with E-state index in [4.69, 9.17) is 9.47 Å². The van der Waals surface area contributed by atoms with Crippen LogP contribution in [0.5, 0.6) is 0 Å². The summed E-state index contributed by atoms with van der Waals surface area (Å²) in [6.07, 6.45) is 2.92. The standard InChI is InChI=1S/C50H75N7O10S/c1-34(2)29-39(53-43(59)40(30-35-17-11-9-12-18-35)54-44(60)41(31-36-19-13-10-14-20-36)55-47(63)67-49(6,7)8)42(58)52-38(21-15-16-26-51-46(62)66-48(3,4)5)45(61)56-27-24-50(25-28-56)32-57(33-50)68(64,65)37-22-23-37/h9-14,17-20,34,37-41H,15-16,21-33H2,1-8H3,(H,51,62)(H,52,58)(H,53,59)(H,54,60)(H,55,63). The van der Waals surface area contributed by atoms with E-state index in [1.807, 2.05) is 74.5 Å². The molecule has 1 spiro atoms. The highest BCUT2D eigenvalue weighted by Crippen LogP contribution is 2.45. The number of alkyl carbamates (subject to hydrolysis) is 2. The highest BCUT2D eigenvalue weighted by Gasteiger charge is 2.53. The van der Waals surface area contributed by atoms with Crippen LogP contribution in [-0.2, 0) is 51.5 Å². The zero-order chi connectivity index (χ0) is 49.9. The van der Waals surface area contributed by atoms with Crippen molar-refractivity contribution in [2.45, 2.75) is 160 Å². The lowest BCUT2D eigenvalue weighted by molar-refractivity contribution is -0.140. The normalized spacial score (nSPS) is 18.0. The number of hydrogen-bond acceptors (Lipinski definition) is 10. The number of unbranched alkanes of at least 4 members (excludes halogenated alkanes) is 1. The van der Waals surface area contributed by atoms with Gasteiger partial charge in [-0.25, -0.2) is 22.3 Å². The molecule has 1 aliphatic carbocycles. The molecule has 0 radical (unpaired) electrons. The zero-order valence-electron chi connectivity index (χ0n) is 41.2. The Morgan fingerprint density at radius 2 is 1.13 bits per heavy atom. The van der Waals surface area contributed by atoms with Gasteiger partial charge in [-0.3, -0.25) is 19.2 Å². The quantitative estimate of drug-likeness (QED) is 0.106. The summed E-state index contributed by atoms with van der Waals surface area (Å²) < 4.78 is 38.1. The van der Waals surface area contributed by atoms with Crippen molar-refractivity contribution in [3.8, 4) is 0 Å². The molecule has 68 heavy (non-hydrogen) atoms. The van der Waals surface area contributed by atoms with Gasteiger partial charge in [0.15, 0.2) is 0 Å². The van der Waals surface area contributed by atoms with E-state index in [1.165, 1.54) is 0 Å². The van der Waals surface area contributed by atoms with E-state index >= 15 is 0 Å². The summed E-state index contributed by atoms with van der Waals surface area (Å²) in [5, 5.41) is 13.9. The minimum Gasteiger partial charge on any atom is -0.444 e. The van der Waals surface area contributed by atoms with E-state index in [1.54, 1.807) is 50.7 Å². The minimum atomic E-state index is -3.27. The Labute approximate surface area is 403 Å². The molecule has 5 N–H and O–H groups in total. The van der Waals surface area contributed by atoms with Crippen molar-refractivity contribution in [2.24, 2.45) is 11.3 Å². The first-order valence-electron chi connectivity index (χ1n) is 24.1. The molecule has 17 nitrogen and oxygen atoms in total. The van der Waals surface area contributed by atoms with Crippen LogP contribution in [0.15, 0.2) is 60.7 Å². The molecule has 3 fully saturated rings. The van der Waals surface area contributed by atoms with E-state index in [-0.39, 0.29) is 54.7 Å². The fourth-order valence-corrected chi connectivity index (χ4v) is 10.6. The molecule has 5 rings (SSSR count). The van der Waals surface area contributed by atoms with Gasteiger partial charge in [0.25, 0.3) is 0 Å². The van der Waals surface area contributed by atoms with Crippen molar-refractivity contribution < 1.29 is 46.7 Å². The maximum atomic E-state index is 14.5. The van der Waals surface area contributed by atoms with Gasteiger partial charge >= 0.3 is 12.2 Å². The van der Waals surface area contributed by atoms with E-state index in [0.717, 1.165) is 11.1 Å². The first kappa shape index (κ1) is 53.7. The van der Waals surface area contributed by atoms with Crippen LogP contribution < -0.4 is 26.6 Å². The van der Waals surface area contributed by atoms with Crippen LogP contribution in [0.4, 0.5) is 9.59 Å². The van der Waals surface area contributed by atoms with Crippen molar-refractivity contribution in [1.29, 1.82) is 0 Å². The number of nitrogens with zero attached hydrogens (tertiary/aromatic N) is 2. The Kier molecular flexibility index (Phi) is 18.5. The molecule has 376 valence electrons. The molecule has 4 atom stereocenters. The van der Waals surface area contributed by atoms with Gasteiger partial charge in [0, 0.05) is 51.0 Å². The largest absolute Gasteiger partial charge is 0.444 e. The summed E-state index contributed by atoms with van der Waals surface area (Å²) in [7, 11) is -3.27. The number of amides is 6. The fraction of sp³-hybridized carbons (Fsp3) is 0.640. The summed E-state index contributed by atoms with van der Waals surface area (Å²) in [5.74, 6) is -2.17. The summed E-state index contributed by atoms with van der Waals surface area (Å²) in [6.45, 7) is 16.3. The number of ether oxygens (including phenoxy) is 2. The first-order chi connectivity index (χ1) is 31.9. The van der Waals surface area contributed by atoms with E-state index < -0.39 is 75.3 Å². The van der Waals surface area contributed by atoms with Crippen molar-refractivity contribution >= 4 is 45.8 Å². The average molecular weight is 966 g/mol. The number of nitrogens with one attached hydrogen (secondary N) is 5. The Bertz CT molecular complexity index is 2140. The molecule has 0 aromatic heterocycles. The number of sulfonamides is 1. The second-order valence-electron chi connectivity index (χ2n) is 21.2. The summed E-state index contributed by atoms with van der Waals surface area (Å²) in [4.78, 5) is 84.5. The highest BCUT2D eigenvalue weighted by molar-refractivity contribution is 7.90. The molecule has 2 heterocycles. The van der Waals surface area contributed by atoms with Crippen molar-refractivity contribution in [3.63, 3.8) is 0 Å². The summed E-state index contributed by atoms with van der Waals surface area (Å²) in [5.41, 5.74) is -0.175. The Morgan fingerprint density at radius 3 is 1.63 bits per heavy atom. The number of rotatable bonds is 21. The predicted octanol–water partition coefficient (Wildman–Crippen LogP) is 4.98. The zero-order valence-corrected chi connectivity index (χ0v) is 42.0. The van der Waals surface area contributed by atoms with Crippen LogP contribution in [0.25, 0.3) is 0 Å². The molecule has 2 aromatic carbocycles. The molecular formula is C50H75N7O10S. The van der Waals surface area contributed by atoms with Crippen LogP contribution in [0.1, 0.15) is 118 Å². The highest BCUT2D eigenvalue weighted by atomic mass is 32.2. The second kappa shape index (κ2) is 23.4. The van der Waals surface area contributed by atoms with Gasteiger partial charge in [0.2, 0.25) is 33.7 Å². The maximum absolute atomic E-state index is 14.5. The number of carbonyl (C=O) groups excluding carboxylic acids is 6. The molecular weight excluding hydrogens is 891 g/mol.